The molecule has 3 aromatic heterocycles. The molecule has 0 N–H and O–H groups in total. The number of hydrogen-bond donors (Lipinski definition) is 0. The van der Waals surface area contributed by atoms with Crippen LogP contribution in [0.25, 0.3) is 111 Å². The van der Waals surface area contributed by atoms with Crippen molar-refractivity contribution in [2.24, 2.45) is 0 Å². The van der Waals surface area contributed by atoms with E-state index in [9.17, 15) is 0 Å². The van der Waals surface area contributed by atoms with E-state index < -0.39 is 0 Å². The van der Waals surface area contributed by atoms with Crippen LogP contribution in [-0.4, -0.2) is 15.0 Å². The van der Waals surface area contributed by atoms with E-state index in [-0.39, 0.29) is 0 Å². The Morgan fingerprint density at radius 2 is 0.860 bits per heavy atom. The van der Waals surface area contributed by atoms with Gasteiger partial charge in [-0.3, -0.25) is 0 Å². The van der Waals surface area contributed by atoms with Gasteiger partial charge in [-0.2, -0.15) is 0 Å². The maximum atomic E-state index is 6.62. The molecule has 0 amide bonds. The quantitative estimate of drug-likeness (QED) is 0.170. The van der Waals surface area contributed by atoms with Crippen molar-refractivity contribution in [1.29, 1.82) is 0 Å². The summed E-state index contributed by atoms with van der Waals surface area (Å²) in [5, 5.41) is 4.09. The average molecular weight is 732 g/mol. The average Bonchev–Trinajstić information content (AvgIpc) is 3.85. The van der Waals surface area contributed by atoms with E-state index in [1.54, 1.807) is 0 Å². The molecule has 11 aromatic rings. The Labute approximate surface area is 328 Å². The number of hydrogen-bond acceptors (Lipinski definition) is 5. The Morgan fingerprint density at radius 3 is 1.68 bits per heavy atom. The van der Waals surface area contributed by atoms with Gasteiger partial charge in [-0.05, 0) is 76.7 Å². The van der Waals surface area contributed by atoms with Crippen molar-refractivity contribution in [3.8, 4) is 67.5 Å². The van der Waals surface area contributed by atoms with Gasteiger partial charge in [-0.15, -0.1) is 0 Å². The van der Waals surface area contributed by atoms with Gasteiger partial charge >= 0.3 is 0 Å². The van der Waals surface area contributed by atoms with Gasteiger partial charge in [0.25, 0.3) is 0 Å². The topological polar surface area (TPSA) is 65.0 Å². The van der Waals surface area contributed by atoms with E-state index in [0.29, 0.717) is 17.5 Å². The summed E-state index contributed by atoms with van der Waals surface area (Å²) in [6.07, 6.45) is 0. The van der Waals surface area contributed by atoms with Crippen LogP contribution in [0.2, 0.25) is 0 Å². The van der Waals surface area contributed by atoms with Crippen LogP contribution < -0.4 is 0 Å². The third-order valence-corrected chi connectivity index (χ3v) is 10.8. The number of aromatic nitrogens is 3. The lowest BCUT2D eigenvalue weighted by Crippen LogP contribution is -2.01. The van der Waals surface area contributed by atoms with Crippen molar-refractivity contribution in [2.75, 3.05) is 0 Å². The zero-order valence-electron chi connectivity index (χ0n) is 31.0. The zero-order valence-corrected chi connectivity index (χ0v) is 31.0. The molecule has 5 nitrogen and oxygen atoms in total. The first-order valence-electron chi connectivity index (χ1n) is 19.1. The van der Waals surface area contributed by atoms with E-state index in [4.69, 9.17) is 23.8 Å². The molecule has 0 aliphatic heterocycles. The normalized spacial score (nSPS) is 11.6. The van der Waals surface area contributed by atoms with Crippen LogP contribution in [-0.2, 0) is 0 Å². The molecule has 268 valence electrons. The maximum Gasteiger partial charge on any atom is 0.164 e. The predicted octanol–water partition coefficient (Wildman–Crippen LogP) is 14.0. The van der Waals surface area contributed by atoms with Gasteiger partial charge in [-0.1, -0.05) is 151 Å². The van der Waals surface area contributed by atoms with E-state index in [1.165, 1.54) is 16.7 Å². The highest BCUT2D eigenvalue weighted by atomic mass is 16.3. The number of rotatable bonds is 6. The number of fused-ring (bicyclic) bond motifs is 6. The van der Waals surface area contributed by atoms with E-state index in [2.05, 4.69) is 140 Å². The summed E-state index contributed by atoms with van der Waals surface area (Å²) in [7, 11) is 0. The minimum atomic E-state index is 0.553. The molecule has 0 radical (unpaired) electrons. The smallest absolute Gasteiger partial charge is 0.164 e. The Balaban J connectivity index is 1.10. The van der Waals surface area contributed by atoms with Crippen molar-refractivity contribution < 1.29 is 8.83 Å². The number of nitrogens with zero attached hydrogens (tertiary/aromatic N) is 3. The molecular weight excluding hydrogens is 699 g/mol. The summed E-state index contributed by atoms with van der Waals surface area (Å²) in [6, 6.07) is 62.8. The van der Waals surface area contributed by atoms with E-state index in [0.717, 1.165) is 82.8 Å². The summed E-state index contributed by atoms with van der Waals surface area (Å²) in [5.74, 6) is 1.70. The molecule has 8 aromatic carbocycles. The van der Waals surface area contributed by atoms with Crippen molar-refractivity contribution in [3.05, 3.63) is 188 Å². The van der Waals surface area contributed by atoms with Crippen molar-refractivity contribution >= 4 is 43.9 Å². The zero-order chi connectivity index (χ0) is 37.9. The molecule has 0 atom stereocenters. The van der Waals surface area contributed by atoms with Gasteiger partial charge in [0.1, 0.15) is 22.3 Å². The standard InChI is InChI=1S/C52H33N3O2/c1-32-13-9-17-35(29-32)38-19-5-6-20-40(38)51-53-50(54-52(55-51)43-23-12-26-46-49(43)41-21-7-8-24-44(41)56-46)37-27-28-42-47(31-37)57-45-25-11-22-39(48(42)45)36-18-10-16-34(30-36)33-14-3-2-4-15-33/h2-31H,1H3. The lowest BCUT2D eigenvalue weighted by Gasteiger charge is -2.13. The minimum absolute atomic E-state index is 0.553. The molecule has 11 rings (SSSR count). The van der Waals surface area contributed by atoms with Crippen LogP contribution in [0.1, 0.15) is 5.56 Å². The largest absolute Gasteiger partial charge is 0.456 e. The molecule has 0 aliphatic carbocycles. The van der Waals surface area contributed by atoms with Gasteiger partial charge in [0.15, 0.2) is 17.5 Å². The fourth-order valence-electron chi connectivity index (χ4n) is 8.15. The summed E-state index contributed by atoms with van der Waals surface area (Å²) in [4.78, 5) is 15.7. The van der Waals surface area contributed by atoms with Crippen molar-refractivity contribution in [3.63, 3.8) is 0 Å². The number of aryl methyl sites for hydroxylation is 1. The van der Waals surface area contributed by atoms with Crippen LogP contribution in [0.15, 0.2) is 191 Å². The SMILES string of the molecule is Cc1cccc(-c2ccccc2-c2nc(-c3ccc4c(c3)oc3cccc(-c5cccc(-c6ccccc6)c5)c34)nc(-c3cccc4oc5ccccc5c34)n2)c1. The van der Waals surface area contributed by atoms with E-state index >= 15 is 0 Å². The highest BCUT2D eigenvalue weighted by Crippen LogP contribution is 2.41. The van der Waals surface area contributed by atoms with Crippen LogP contribution >= 0.6 is 0 Å². The second-order valence-corrected chi connectivity index (χ2v) is 14.4. The lowest BCUT2D eigenvalue weighted by molar-refractivity contribution is 0.668. The Morgan fingerprint density at radius 1 is 0.316 bits per heavy atom. The van der Waals surface area contributed by atoms with Gasteiger partial charge in [-0.25, -0.2) is 15.0 Å². The van der Waals surface area contributed by atoms with Gasteiger partial charge in [0.05, 0.1) is 0 Å². The molecule has 0 unspecified atom stereocenters. The first-order chi connectivity index (χ1) is 28.1. The van der Waals surface area contributed by atoms with Gasteiger partial charge < -0.3 is 8.83 Å². The third kappa shape index (κ3) is 5.68. The van der Waals surface area contributed by atoms with Crippen LogP contribution in [0, 0.1) is 6.92 Å². The second-order valence-electron chi connectivity index (χ2n) is 14.4. The summed E-state index contributed by atoms with van der Waals surface area (Å²) < 4.78 is 12.9. The molecule has 57 heavy (non-hydrogen) atoms. The molecule has 0 fully saturated rings. The Hall–Kier alpha value is -7.63. The van der Waals surface area contributed by atoms with Crippen molar-refractivity contribution in [1.82, 2.24) is 15.0 Å². The van der Waals surface area contributed by atoms with Crippen molar-refractivity contribution in [2.45, 2.75) is 6.92 Å². The highest BCUT2D eigenvalue weighted by Gasteiger charge is 2.21. The predicted molar refractivity (Wildman–Crippen MR) is 232 cm³/mol. The van der Waals surface area contributed by atoms with E-state index in [1.807, 2.05) is 48.5 Å². The highest BCUT2D eigenvalue weighted by molar-refractivity contribution is 6.14. The fraction of sp³-hybridized carbons (Fsp3) is 0.0192. The maximum absolute atomic E-state index is 6.62. The molecule has 0 saturated heterocycles. The first-order valence-corrected chi connectivity index (χ1v) is 19.1. The second kappa shape index (κ2) is 13.3. The number of para-hydroxylation sites is 1. The first kappa shape index (κ1) is 32.8. The fourth-order valence-corrected chi connectivity index (χ4v) is 8.15. The summed E-state index contributed by atoms with van der Waals surface area (Å²) in [5.41, 5.74) is 13.8. The molecule has 0 spiro atoms. The molecule has 0 saturated carbocycles. The van der Waals surface area contributed by atoms with Gasteiger partial charge in [0.2, 0.25) is 0 Å². The molecule has 0 bridgehead atoms. The minimum Gasteiger partial charge on any atom is -0.456 e. The molecule has 5 heteroatoms. The van der Waals surface area contributed by atoms with Crippen LogP contribution in [0.3, 0.4) is 0 Å². The lowest BCUT2D eigenvalue weighted by atomic mass is 9.95. The number of furan rings is 2. The Bertz CT molecular complexity index is 3320. The molecule has 0 aliphatic rings. The number of benzene rings is 8. The molecule has 3 heterocycles. The van der Waals surface area contributed by atoms with Crippen LogP contribution in [0.4, 0.5) is 0 Å². The summed E-state index contributed by atoms with van der Waals surface area (Å²) >= 11 is 0. The Kier molecular flexibility index (Phi) is 7.64. The van der Waals surface area contributed by atoms with Crippen LogP contribution in [0.5, 0.6) is 0 Å². The van der Waals surface area contributed by atoms with Gasteiger partial charge in [0, 0.05) is 38.2 Å². The summed E-state index contributed by atoms with van der Waals surface area (Å²) in [6.45, 7) is 2.11. The third-order valence-electron chi connectivity index (χ3n) is 10.8. The monoisotopic (exact) mass is 731 g/mol. The molecular formula is C52H33N3O2.